The van der Waals surface area contributed by atoms with E-state index in [1.165, 1.54) is 27.5 Å². The molecule has 24 heavy (non-hydrogen) atoms. The van der Waals surface area contributed by atoms with Crippen molar-refractivity contribution in [2.45, 2.75) is 34.1 Å². The van der Waals surface area contributed by atoms with Crippen LogP contribution in [0.15, 0.2) is 42.6 Å². The molecular formula is C21H27N3. The zero-order valence-electron chi connectivity index (χ0n) is 15.2. The molecule has 0 bridgehead atoms. The summed E-state index contributed by atoms with van der Waals surface area (Å²) in [6.07, 6.45) is 7.43. The van der Waals surface area contributed by atoms with E-state index in [-0.39, 0.29) is 0 Å². The van der Waals surface area contributed by atoms with Gasteiger partial charge in [-0.05, 0) is 50.9 Å². The van der Waals surface area contributed by atoms with Crippen LogP contribution in [0.1, 0.15) is 30.8 Å². The van der Waals surface area contributed by atoms with Crippen LogP contribution < -0.4 is 0 Å². The number of aromatic nitrogens is 2. The van der Waals surface area contributed by atoms with E-state index in [1.807, 2.05) is 6.20 Å². The Labute approximate surface area is 144 Å². The first-order chi connectivity index (χ1) is 11.7. The van der Waals surface area contributed by atoms with Gasteiger partial charge in [-0.2, -0.15) is 0 Å². The van der Waals surface area contributed by atoms with E-state index in [0.717, 1.165) is 31.9 Å². The van der Waals surface area contributed by atoms with Gasteiger partial charge in [0.25, 0.3) is 0 Å². The van der Waals surface area contributed by atoms with E-state index >= 15 is 0 Å². The lowest BCUT2D eigenvalue weighted by Gasteiger charge is -2.18. The van der Waals surface area contributed by atoms with Crippen LogP contribution >= 0.6 is 0 Å². The molecule has 0 saturated heterocycles. The molecule has 2 aromatic heterocycles. The first-order valence-corrected chi connectivity index (χ1v) is 8.85. The molecule has 0 atom stereocenters. The molecule has 3 heteroatoms. The molecule has 126 valence electrons. The molecule has 0 amide bonds. The summed E-state index contributed by atoms with van der Waals surface area (Å²) in [5.74, 6) is 1.05. The number of allylic oxidation sites excluding steroid dienone is 1. The summed E-state index contributed by atoms with van der Waals surface area (Å²) in [5, 5.41) is 1.36. The van der Waals surface area contributed by atoms with Crippen molar-refractivity contribution in [3.05, 3.63) is 59.6 Å². The zero-order valence-corrected chi connectivity index (χ0v) is 15.2. The van der Waals surface area contributed by atoms with Crippen molar-refractivity contribution < 1.29 is 0 Å². The van der Waals surface area contributed by atoms with Crippen molar-refractivity contribution in [1.82, 2.24) is 14.3 Å². The SMILES string of the molecule is C/C=C/CN(CC)CCc1c2ccccc2n2c(C)ncc(C)c12. The standard InChI is InChI=1S/C21H27N3/c1-5-7-13-23(6-2)14-12-19-18-10-8-9-11-20(18)24-17(4)22-15-16(3)21(19)24/h5,7-11,15H,6,12-14H2,1-4H3/b7-5+. The largest absolute Gasteiger partial charge is 0.300 e. The van der Waals surface area contributed by atoms with Gasteiger partial charge in [0, 0.05) is 24.7 Å². The topological polar surface area (TPSA) is 20.5 Å². The van der Waals surface area contributed by atoms with Gasteiger partial charge in [-0.1, -0.05) is 37.3 Å². The lowest BCUT2D eigenvalue weighted by molar-refractivity contribution is 0.324. The van der Waals surface area contributed by atoms with Gasteiger partial charge in [-0.15, -0.1) is 0 Å². The first kappa shape index (κ1) is 16.7. The number of benzene rings is 1. The molecule has 1 aromatic carbocycles. The molecule has 0 aliphatic rings. The van der Waals surface area contributed by atoms with E-state index in [1.54, 1.807) is 0 Å². The van der Waals surface area contributed by atoms with E-state index in [2.05, 4.69) is 78.4 Å². The van der Waals surface area contributed by atoms with Crippen LogP contribution in [0.25, 0.3) is 16.4 Å². The highest BCUT2D eigenvalue weighted by molar-refractivity contribution is 5.93. The molecule has 3 aromatic rings. The third-order valence-electron chi connectivity index (χ3n) is 4.85. The van der Waals surface area contributed by atoms with Crippen molar-refractivity contribution in [1.29, 1.82) is 0 Å². The van der Waals surface area contributed by atoms with Crippen LogP contribution in [0.5, 0.6) is 0 Å². The highest BCUT2D eigenvalue weighted by Crippen LogP contribution is 2.29. The highest BCUT2D eigenvalue weighted by atomic mass is 15.1. The van der Waals surface area contributed by atoms with Crippen LogP contribution in [0.2, 0.25) is 0 Å². The number of fused-ring (bicyclic) bond motifs is 3. The Hall–Kier alpha value is -2.13. The van der Waals surface area contributed by atoms with Crippen molar-refractivity contribution in [2.75, 3.05) is 19.6 Å². The minimum absolute atomic E-state index is 1.02. The maximum Gasteiger partial charge on any atom is 0.110 e. The average Bonchev–Trinajstić information content (AvgIpc) is 2.94. The van der Waals surface area contributed by atoms with Crippen LogP contribution in [0, 0.1) is 13.8 Å². The van der Waals surface area contributed by atoms with Crippen molar-refractivity contribution in [3.8, 4) is 0 Å². The summed E-state index contributed by atoms with van der Waals surface area (Å²) in [4.78, 5) is 7.05. The van der Waals surface area contributed by atoms with Crippen molar-refractivity contribution in [3.63, 3.8) is 0 Å². The lowest BCUT2D eigenvalue weighted by atomic mass is 10.1. The Balaban J connectivity index is 2.07. The Morgan fingerprint density at radius 2 is 2.00 bits per heavy atom. The average molecular weight is 321 g/mol. The second kappa shape index (κ2) is 7.18. The van der Waals surface area contributed by atoms with Crippen LogP contribution in [0.4, 0.5) is 0 Å². The molecule has 0 N–H and O–H groups in total. The first-order valence-electron chi connectivity index (χ1n) is 8.85. The molecule has 0 radical (unpaired) electrons. The normalized spacial score (nSPS) is 12.2. The van der Waals surface area contributed by atoms with Gasteiger partial charge >= 0.3 is 0 Å². The van der Waals surface area contributed by atoms with Gasteiger partial charge in [0.05, 0.1) is 11.0 Å². The van der Waals surface area contributed by atoms with E-state index in [9.17, 15) is 0 Å². The summed E-state index contributed by atoms with van der Waals surface area (Å²) < 4.78 is 2.32. The summed E-state index contributed by atoms with van der Waals surface area (Å²) in [7, 11) is 0. The molecule has 2 heterocycles. The van der Waals surface area contributed by atoms with Gasteiger partial charge in [0.2, 0.25) is 0 Å². The molecular weight excluding hydrogens is 294 g/mol. The Kier molecular flexibility index (Phi) is 5.00. The quantitative estimate of drug-likeness (QED) is 0.621. The number of hydrogen-bond donors (Lipinski definition) is 0. The zero-order chi connectivity index (χ0) is 17.1. The fourth-order valence-corrected chi connectivity index (χ4v) is 3.52. The summed E-state index contributed by atoms with van der Waals surface area (Å²) in [6, 6.07) is 8.71. The number of rotatable bonds is 6. The number of likely N-dealkylation sites (N-methyl/N-ethyl adjacent to an activating group) is 1. The molecule has 0 aliphatic carbocycles. The summed E-state index contributed by atoms with van der Waals surface area (Å²) >= 11 is 0. The summed E-state index contributed by atoms with van der Waals surface area (Å²) in [5.41, 5.74) is 5.31. The van der Waals surface area contributed by atoms with Crippen LogP contribution in [-0.4, -0.2) is 33.9 Å². The maximum absolute atomic E-state index is 4.57. The highest BCUT2D eigenvalue weighted by Gasteiger charge is 2.15. The van der Waals surface area contributed by atoms with Gasteiger partial charge in [-0.25, -0.2) is 4.98 Å². The predicted molar refractivity (Wildman–Crippen MR) is 103 cm³/mol. The minimum Gasteiger partial charge on any atom is -0.300 e. The molecule has 0 spiro atoms. The van der Waals surface area contributed by atoms with Crippen molar-refractivity contribution in [2.24, 2.45) is 0 Å². The maximum atomic E-state index is 4.57. The molecule has 3 rings (SSSR count). The third kappa shape index (κ3) is 2.96. The van der Waals surface area contributed by atoms with Gasteiger partial charge in [0.15, 0.2) is 0 Å². The van der Waals surface area contributed by atoms with Gasteiger partial charge in [-0.3, -0.25) is 9.30 Å². The van der Waals surface area contributed by atoms with Gasteiger partial charge in [0.1, 0.15) is 5.82 Å². The molecule has 0 saturated carbocycles. The smallest absolute Gasteiger partial charge is 0.110 e. The minimum atomic E-state index is 1.02. The van der Waals surface area contributed by atoms with Crippen molar-refractivity contribution >= 4 is 16.4 Å². The molecule has 0 fully saturated rings. The second-order valence-electron chi connectivity index (χ2n) is 6.38. The Bertz CT molecular complexity index is 874. The monoisotopic (exact) mass is 321 g/mol. The number of hydrogen-bond acceptors (Lipinski definition) is 2. The molecule has 3 nitrogen and oxygen atoms in total. The molecule has 0 unspecified atom stereocenters. The summed E-state index contributed by atoms with van der Waals surface area (Å²) in [6.45, 7) is 11.8. The van der Waals surface area contributed by atoms with Crippen LogP contribution in [-0.2, 0) is 6.42 Å². The van der Waals surface area contributed by atoms with E-state index in [0.29, 0.717) is 0 Å². The number of nitrogens with zero attached hydrogens (tertiary/aromatic N) is 3. The number of aryl methyl sites for hydroxylation is 2. The third-order valence-corrected chi connectivity index (χ3v) is 4.85. The fraction of sp³-hybridized carbons (Fsp3) is 0.381. The molecule has 0 aliphatic heterocycles. The fourth-order valence-electron chi connectivity index (χ4n) is 3.52. The Morgan fingerprint density at radius 3 is 2.75 bits per heavy atom. The Morgan fingerprint density at radius 1 is 1.21 bits per heavy atom. The van der Waals surface area contributed by atoms with E-state index in [4.69, 9.17) is 0 Å². The lowest BCUT2D eigenvalue weighted by Crippen LogP contribution is -2.26. The predicted octanol–water partition coefficient (Wildman–Crippen LogP) is 4.54. The number of para-hydroxylation sites is 1. The van der Waals surface area contributed by atoms with Crippen LogP contribution in [0.3, 0.4) is 0 Å². The van der Waals surface area contributed by atoms with Gasteiger partial charge < -0.3 is 0 Å². The van der Waals surface area contributed by atoms with E-state index < -0.39 is 0 Å². The second-order valence-corrected chi connectivity index (χ2v) is 6.38.